The average Bonchev–Trinajstić information content (AvgIpc) is 2.73. The van der Waals surface area contributed by atoms with E-state index in [9.17, 15) is 23.1 Å². The van der Waals surface area contributed by atoms with Crippen LogP contribution >= 0.6 is 0 Å². The fourth-order valence-electron chi connectivity index (χ4n) is 3.10. The second-order valence-corrected chi connectivity index (χ2v) is 8.88. The Kier molecular flexibility index (Phi) is 6.77. The molecule has 1 heterocycles. The number of amidine groups is 1. The lowest BCUT2D eigenvalue weighted by molar-refractivity contribution is -0.150. The van der Waals surface area contributed by atoms with Gasteiger partial charge < -0.3 is 25.8 Å². The van der Waals surface area contributed by atoms with Crippen molar-refractivity contribution in [3.05, 3.63) is 54.1 Å². The third kappa shape index (κ3) is 5.60. The predicted molar refractivity (Wildman–Crippen MR) is 119 cm³/mol. The number of ether oxygens (including phenoxy) is 1. The van der Waals surface area contributed by atoms with Gasteiger partial charge in [-0.15, -0.1) is 0 Å². The minimum Gasteiger partial charge on any atom is -0.384 e. The number of carbonyl (C=O) groups is 2. The normalized spacial score (nSPS) is 17.5. The van der Waals surface area contributed by atoms with Gasteiger partial charge in [-0.2, -0.15) is 0 Å². The summed E-state index contributed by atoms with van der Waals surface area (Å²) < 4.78 is 30.3. The maximum Gasteiger partial charge on any atom is 0.259 e. The van der Waals surface area contributed by atoms with Gasteiger partial charge in [-0.25, -0.2) is 8.42 Å². The number of sulfonamides is 1. The van der Waals surface area contributed by atoms with E-state index in [1.165, 1.54) is 41.3 Å². The first-order valence-corrected chi connectivity index (χ1v) is 11.4. The number of hydrogen-bond acceptors (Lipinski definition) is 7. The summed E-state index contributed by atoms with van der Waals surface area (Å²) in [7, 11) is -3.43. The topological polar surface area (TPSA) is 175 Å². The standard InChI is InChI=1S/C20H23N5O6S/c1-32(29,30)24-14-6-8-15(9-7-14)25-10-11-31-17(20(25)28)16(26)19(27)23-13-4-2-12(3-5-13)18(21)22/h2-9,16-17,24,26H,10-11H2,1H3,(H3,21,22)(H,23,27)/t16-,17-/m1/s1. The van der Waals surface area contributed by atoms with Crippen molar-refractivity contribution in [2.24, 2.45) is 5.73 Å². The number of amides is 2. The molecular weight excluding hydrogens is 438 g/mol. The molecule has 0 unspecified atom stereocenters. The van der Waals surface area contributed by atoms with Gasteiger partial charge in [0, 0.05) is 29.2 Å². The van der Waals surface area contributed by atoms with Crippen molar-refractivity contribution in [1.82, 2.24) is 0 Å². The first kappa shape index (κ1) is 23.2. The third-order valence-electron chi connectivity index (χ3n) is 4.62. The SMILES string of the molecule is CS(=O)(=O)Nc1ccc(N2CCO[C@H]([C@@H](O)C(=O)Nc3ccc(C(=N)N)cc3)C2=O)cc1. The van der Waals surface area contributed by atoms with Crippen LogP contribution in [0, 0.1) is 5.41 Å². The van der Waals surface area contributed by atoms with Crippen LogP contribution in [0.15, 0.2) is 48.5 Å². The maximum absolute atomic E-state index is 12.9. The number of anilines is 3. The Hall–Kier alpha value is -3.48. The molecule has 0 saturated carbocycles. The molecular formula is C20H23N5O6S. The zero-order chi connectivity index (χ0) is 23.5. The highest BCUT2D eigenvalue weighted by Crippen LogP contribution is 2.23. The molecule has 11 nitrogen and oxygen atoms in total. The Morgan fingerprint density at radius 3 is 2.34 bits per heavy atom. The van der Waals surface area contributed by atoms with E-state index >= 15 is 0 Å². The number of nitrogens with zero attached hydrogens (tertiary/aromatic N) is 1. The number of aliphatic hydroxyl groups excluding tert-OH is 1. The lowest BCUT2D eigenvalue weighted by Gasteiger charge is -2.34. The molecule has 2 amide bonds. The van der Waals surface area contributed by atoms with Crippen molar-refractivity contribution in [2.45, 2.75) is 12.2 Å². The van der Waals surface area contributed by atoms with Crippen LogP contribution in [0.1, 0.15) is 5.56 Å². The molecule has 2 aromatic carbocycles. The molecule has 0 radical (unpaired) electrons. The molecule has 0 aromatic heterocycles. The van der Waals surface area contributed by atoms with Crippen LogP contribution in [-0.2, 0) is 24.3 Å². The van der Waals surface area contributed by atoms with Crippen LogP contribution < -0.4 is 20.7 Å². The number of carbonyl (C=O) groups excluding carboxylic acids is 2. The molecule has 12 heteroatoms. The van der Waals surface area contributed by atoms with Gasteiger partial charge in [-0.1, -0.05) is 0 Å². The van der Waals surface area contributed by atoms with E-state index in [1.54, 1.807) is 12.1 Å². The molecule has 6 N–H and O–H groups in total. The number of morpholine rings is 1. The molecule has 0 aliphatic carbocycles. The number of rotatable bonds is 7. The van der Waals surface area contributed by atoms with Crippen molar-refractivity contribution in [3.63, 3.8) is 0 Å². The quantitative estimate of drug-likeness (QED) is 0.286. The number of hydrogen-bond donors (Lipinski definition) is 5. The molecule has 1 fully saturated rings. The number of aliphatic hydroxyl groups is 1. The van der Waals surface area contributed by atoms with Crippen molar-refractivity contribution in [3.8, 4) is 0 Å². The Balaban J connectivity index is 1.68. The molecule has 1 saturated heterocycles. The Bertz CT molecular complexity index is 1120. The van der Waals surface area contributed by atoms with Gasteiger partial charge in [0.15, 0.2) is 12.2 Å². The van der Waals surface area contributed by atoms with Crippen LogP contribution in [0.2, 0.25) is 0 Å². The number of benzene rings is 2. The van der Waals surface area contributed by atoms with Gasteiger partial charge in [0.05, 0.1) is 12.9 Å². The molecule has 2 atom stereocenters. The minimum absolute atomic E-state index is 0.0946. The van der Waals surface area contributed by atoms with Crippen molar-refractivity contribution >= 4 is 44.7 Å². The summed E-state index contributed by atoms with van der Waals surface area (Å²) in [6.07, 6.45) is -2.14. The van der Waals surface area contributed by atoms with E-state index in [4.69, 9.17) is 15.9 Å². The average molecular weight is 462 g/mol. The summed E-state index contributed by atoms with van der Waals surface area (Å²) >= 11 is 0. The summed E-state index contributed by atoms with van der Waals surface area (Å²) in [5.74, 6) is -1.55. The van der Waals surface area contributed by atoms with Crippen LogP contribution in [0.3, 0.4) is 0 Å². The van der Waals surface area contributed by atoms with E-state index in [1.807, 2.05) is 0 Å². The van der Waals surface area contributed by atoms with E-state index in [0.717, 1.165) is 6.26 Å². The summed E-state index contributed by atoms with van der Waals surface area (Å²) in [5.41, 5.74) is 7.02. The first-order valence-electron chi connectivity index (χ1n) is 9.49. The highest BCUT2D eigenvalue weighted by molar-refractivity contribution is 7.92. The zero-order valence-corrected chi connectivity index (χ0v) is 17.9. The molecule has 0 spiro atoms. The van der Waals surface area contributed by atoms with Crippen LogP contribution in [0.25, 0.3) is 0 Å². The Morgan fingerprint density at radius 1 is 1.19 bits per heavy atom. The second-order valence-electron chi connectivity index (χ2n) is 7.13. The summed E-state index contributed by atoms with van der Waals surface area (Å²) in [4.78, 5) is 26.7. The molecule has 3 rings (SSSR count). The molecule has 0 bridgehead atoms. The predicted octanol–water partition coefficient (Wildman–Crippen LogP) is 0.0736. The minimum atomic E-state index is -3.43. The van der Waals surface area contributed by atoms with Crippen LogP contribution in [0.5, 0.6) is 0 Å². The van der Waals surface area contributed by atoms with Crippen molar-refractivity contribution in [1.29, 1.82) is 5.41 Å². The molecule has 32 heavy (non-hydrogen) atoms. The fourth-order valence-corrected chi connectivity index (χ4v) is 3.66. The van der Waals surface area contributed by atoms with Gasteiger partial charge in [0.2, 0.25) is 10.0 Å². The molecule has 1 aliphatic rings. The largest absolute Gasteiger partial charge is 0.384 e. The maximum atomic E-state index is 12.9. The third-order valence-corrected chi connectivity index (χ3v) is 5.23. The van der Waals surface area contributed by atoms with Gasteiger partial charge in [-0.3, -0.25) is 19.7 Å². The smallest absolute Gasteiger partial charge is 0.259 e. The molecule has 2 aromatic rings. The van der Waals surface area contributed by atoms with Crippen LogP contribution in [-0.4, -0.2) is 62.8 Å². The van der Waals surface area contributed by atoms with E-state index in [0.29, 0.717) is 22.6 Å². The van der Waals surface area contributed by atoms with E-state index < -0.39 is 34.0 Å². The van der Waals surface area contributed by atoms with E-state index in [2.05, 4.69) is 10.0 Å². The Morgan fingerprint density at radius 2 is 1.78 bits per heavy atom. The van der Waals surface area contributed by atoms with Crippen LogP contribution in [0.4, 0.5) is 17.1 Å². The summed E-state index contributed by atoms with van der Waals surface area (Å²) in [6, 6.07) is 12.2. The summed E-state index contributed by atoms with van der Waals surface area (Å²) in [5, 5.41) is 20.3. The van der Waals surface area contributed by atoms with Gasteiger partial charge in [0.1, 0.15) is 5.84 Å². The highest BCUT2D eigenvalue weighted by Gasteiger charge is 2.39. The highest BCUT2D eigenvalue weighted by atomic mass is 32.2. The summed E-state index contributed by atoms with van der Waals surface area (Å²) in [6.45, 7) is 0.298. The van der Waals surface area contributed by atoms with Gasteiger partial charge in [0.25, 0.3) is 11.8 Å². The Labute approximate surface area is 184 Å². The van der Waals surface area contributed by atoms with Crippen molar-refractivity contribution < 1.29 is 27.9 Å². The number of nitrogens with two attached hydrogens (primary N) is 1. The molecule has 1 aliphatic heterocycles. The first-order chi connectivity index (χ1) is 15.0. The fraction of sp³-hybridized carbons (Fsp3) is 0.250. The molecule has 170 valence electrons. The van der Waals surface area contributed by atoms with Gasteiger partial charge in [-0.05, 0) is 48.5 Å². The number of nitrogen functional groups attached to an aromatic ring is 1. The lowest BCUT2D eigenvalue weighted by atomic mass is 10.1. The van der Waals surface area contributed by atoms with Crippen molar-refractivity contribution in [2.75, 3.05) is 34.3 Å². The zero-order valence-electron chi connectivity index (χ0n) is 17.1. The second kappa shape index (κ2) is 9.34. The number of nitrogens with one attached hydrogen (secondary N) is 3. The van der Waals surface area contributed by atoms with E-state index in [-0.39, 0.29) is 19.0 Å². The monoisotopic (exact) mass is 461 g/mol. The lowest BCUT2D eigenvalue weighted by Crippen LogP contribution is -2.55. The van der Waals surface area contributed by atoms with Gasteiger partial charge >= 0.3 is 0 Å².